The monoisotopic (exact) mass is 297 g/mol. The number of aryl methyl sites for hydroxylation is 1. The molecule has 0 aliphatic rings. The van der Waals surface area contributed by atoms with Crippen LogP contribution >= 0.6 is 11.3 Å². The van der Waals surface area contributed by atoms with Crippen molar-refractivity contribution in [2.75, 3.05) is 0 Å². The Morgan fingerprint density at radius 1 is 1.14 bits per heavy atom. The Hall–Kier alpha value is -1.78. The van der Waals surface area contributed by atoms with Crippen molar-refractivity contribution in [3.05, 3.63) is 47.1 Å². The van der Waals surface area contributed by atoms with Crippen LogP contribution in [0.2, 0.25) is 0 Å². The maximum atomic E-state index is 4.71. The summed E-state index contributed by atoms with van der Waals surface area (Å²) in [5.41, 5.74) is 4.35. The number of hydrogen-bond acceptors (Lipinski definition) is 4. The Kier molecular flexibility index (Phi) is 3.99. The normalized spacial score (nSPS) is 11.4. The Balaban J connectivity index is 1.88. The fraction of sp³-hybridized carbons (Fsp3) is 0.294. The van der Waals surface area contributed by atoms with Gasteiger partial charge in [0.25, 0.3) is 0 Å². The lowest BCUT2D eigenvalue weighted by Crippen LogP contribution is -2.21. The molecule has 3 aromatic rings. The minimum Gasteiger partial charge on any atom is -0.309 e. The second-order valence-corrected chi connectivity index (χ2v) is 6.40. The van der Waals surface area contributed by atoms with Gasteiger partial charge in [-0.25, -0.2) is 4.98 Å². The van der Waals surface area contributed by atoms with E-state index < -0.39 is 0 Å². The maximum Gasteiger partial charge on any atom is 0.123 e. The number of thiazole rings is 1. The van der Waals surface area contributed by atoms with Gasteiger partial charge in [-0.2, -0.15) is 0 Å². The van der Waals surface area contributed by atoms with Gasteiger partial charge in [0, 0.05) is 34.6 Å². The van der Waals surface area contributed by atoms with Crippen LogP contribution in [0, 0.1) is 6.92 Å². The minimum absolute atomic E-state index is 0.477. The van der Waals surface area contributed by atoms with Crippen molar-refractivity contribution in [2.24, 2.45) is 0 Å². The van der Waals surface area contributed by atoms with Crippen molar-refractivity contribution in [3.63, 3.8) is 0 Å². The maximum absolute atomic E-state index is 4.71. The molecule has 0 saturated heterocycles. The number of hydrogen-bond donors (Lipinski definition) is 1. The van der Waals surface area contributed by atoms with Gasteiger partial charge in [-0.1, -0.05) is 19.9 Å². The molecule has 21 heavy (non-hydrogen) atoms. The van der Waals surface area contributed by atoms with Crippen LogP contribution in [0.5, 0.6) is 0 Å². The minimum atomic E-state index is 0.477. The van der Waals surface area contributed by atoms with Crippen LogP contribution in [0.15, 0.2) is 35.7 Å². The molecule has 108 valence electrons. The lowest BCUT2D eigenvalue weighted by molar-refractivity contribution is 0.583. The van der Waals surface area contributed by atoms with Crippen LogP contribution in [0.3, 0.4) is 0 Å². The summed E-state index contributed by atoms with van der Waals surface area (Å²) in [5.74, 6) is 0. The van der Waals surface area contributed by atoms with E-state index in [1.807, 2.05) is 13.0 Å². The molecule has 0 aliphatic heterocycles. The number of nitrogens with zero attached hydrogens (tertiary/aromatic N) is 2. The highest BCUT2D eigenvalue weighted by molar-refractivity contribution is 7.13. The van der Waals surface area contributed by atoms with Crippen LogP contribution in [-0.2, 0) is 6.54 Å². The molecule has 1 aromatic carbocycles. The molecule has 0 unspecified atom stereocenters. The van der Waals surface area contributed by atoms with E-state index in [-0.39, 0.29) is 0 Å². The SMILES string of the molecule is Cc1ccc2cc(-c3nc(CNC(C)C)cs3)ccc2n1. The number of rotatable bonds is 4. The summed E-state index contributed by atoms with van der Waals surface area (Å²) < 4.78 is 0. The molecule has 0 saturated carbocycles. The van der Waals surface area contributed by atoms with Gasteiger partial charge >= 0.3 is 0 Å². The molecule has 2 heterocycles. The lowest BCUT2D eigenvalue weighted by Gasteiger charge is -2.05. The molecular formula is C17H19N3S. The van der Waals surface area contributed by atoms with Crippen molar-refractivity contribution in [3.8, 4) is 10.6 Å². The van der Waals surface area contributed by atoms with Crippen LogP contribution < -0.4 is 5.32 Å². The smallest absolute Gasteiger partial charge is 0.123 e. The fourth-order valence-corrected chi connectivity index (χ4v) is 3.01. The van der Waals surface area contributed by atoms with E-state index in [9.17, 15) is 0 Å². The molecular weight excluding hydrogens is 278 g/mol. The van der Waals surface area contributed by atoms with Gasteiger partial charge < -0.3 is 5.32 Å². The van der Waals surface area contributed by atoms with Crippen molar-refractivity contribution in [1.82, 2.24) is 15.3 Å². The number of benzene rings is 1. The summed E-state index contributed by atoms with van der Waals surface area (Å²) in [6.45, 7) is 7.13. The molecule has 3 nitrogen and oxygen atoms in total. The van der Waals surface area contributed by atoms with Crippen LogP contribution in [0.4, 0.5) is 0 Å². The zero-order chi connectivity index (χ0) is 14.8. The fourth-order valence-electron chi connectivity index (χ4n) is 2.19. The molecule has 1 N–H and O–H groups in total. The zero-order valence-electron chi connectivity index (χ0n) is 12.6. The molecule has 0 amide bonds. The topological polar surface area (TPSA) is 37.8 Å². The first-order valence-corrected chi connectivity index (χ1v) is 8.05. The lowest BCUT2D eigenvalue weighted by atomic mass is 10.1. The molecule has 3 rings (SSSR count). The number of aromatic nitrogens is 2. The van der Waals surface area contributed by atoms with Gasteiger partial charge in [-0.05, 0) is 31.2 Å². The van der Waals surface area contributed by atoms with Crippen molar-refractivity contribution in [2.45, 2.75) is 33.4 Å². The van der Waals surface area contributed by atoms with Crippen LogP contribution in [-0.4, -0.2) is 16.0 Å². The third-order valence-electron chi connectivity index (χ3n) is 3.32. The van der Waals surface area contributed by atoms with Gasteiger partial charge in [0.15, 0.2) is 0 Å². The van der Waals surface area contributed by atoms with Gasteiger partial charge in [-0.3, -0.25) is 4.98 Å². The Labute approximate surface area is 129 Å². The van der Waals surface area contributed by atoms with Crippen molar-refractivity contribution >= 4 is 22.2 Å². The first-order valence-electron chi connectivity index (χ1n) is 7.17. The van der Waals surface area contributed by atoms with Gasteiger partial charge in [0.1, 0.15) is 5.01 Å². The zero-order valence-corrected chi connectivity index (χ0v) is 13.4. The summed E-state index contributed by atoms with van der Waals surface area (Å²) >= 11 is 1.69. The predicted octanol–water partition coefficient (Wildman–Crippen LogP) is 4.16. The van der Waals surface area contributed by atoms with E-state index in [2.05, 4.69) is 53.8 Å². The Bertz CT molecular complexity index is 762. The van der Waals surface area contributed by atoms with Crippen LogP contribution in [0.1, 0.15) is 25.2 Å². The van der Waals surface area contributed by atoms with E-state index in [0.29, 0.717) is 6.04 Å². The largest absolute Gasteiger partial charge is 0.309 e. The second-order valence-electron chi connectivity index (χ2n) is 5.54. The summed E-state index contributed by atoms with van der Waals surface area (Å²) in [6.07, 6.45) is 0. The summed E-state index contributed by atoms with van der Waals surface area (Å²) in [7, 11) is 0. The van der Waals surface area contributed by atoms with E-state index in [1.165, 1.54) is 0 Å². The number of fused-ring (bicyclic) bond motifs is 1. The van der Waals surface area contributed by atoms with E-state index in [0.717, 1.165) is 39.4 Å². The summed E-state index contributed by atoms with van der Waals surface area (Å²) in [4.78, 5) is 9.25. The summed E-state index contributed by atoms with van der Waals surface area (Å²) in [6, 6.07) is 11.0. The summed E-state index contributed by atoms with van der Waals surface area (Å²) in [5, 5.41) is 7.75. The second kappa shape index (κ2) is 5.92. The molecule has 2 aromatic heterocycles. The number of pyridine rings is 1. The quantitative estimate of drug-likeness (QED) is 0.785. The molecule has 0 bridgehead atoms. The Morgan fingerprint density at radius 2 is 2.00 bits per heavy atom. The molecule has 4 heteroatoms. The molecule has 0 radical (unpaired) electrons. The molecule has 0 spiro atoms. The predicted molar refractivity (Wildman–Crippen MR) is 89.6 cm³/mol. The average molecular weight is 297 g/mol. The Morgan fingerprint density at radius 3 is 2.81 bits per heavy atom. The van der Waals surface area contributed by atoms with Crippen LogP contribution in [0.25, 0.3) is 21.5 Å². The van der Waals surface area contributed by atoms with Crippen molar-refractivity contribution < 1.29 is 0 Å². The highest BCUT2D eigenvalue weighted by atomic mass is 32.1. The van der Waals surface area contributed by atoms with Gasteiger partial charge in [-0.15, -0.1) is 11.3 Å². The van der Waals surface area contributed by atoms with E-state index in [4.69, 9.17) is 4.98 Å². The number of nitrogens with one attached hydrogen (secondary N) is 1. The standard InChI is InChI=1S/C17H19N3S/c1-11(2)18-9-15-10-21-17(20-15)14-6-7-16-13(8-14)5-4-12(3)19-16/h4-8,10-11,18H,9H2,1-3H3. The molecule has 0 atom stereocenters. The molecule has 0 fully saturated rings. The van der Waals surface area contributed by atoms with E-state index >= 15 is 0 Å². The average Bonchev–Trinajstić information content (AvgIpc) is 2.93. The van der Waals surface area contributed by atoms with E-state index in [1.54, 1.807) is 11.3 Å². The first kappa shape index (κ1) is 14.2. The first-order chi connectivity index (χ1) is 10.1. The van der Waals surface area contributed by atoms with Gasteiger partial charge in [0.05, 0.1) is 11.2 Å². The van der Waals surface area contributed by atoms with Gasteiger partial charge in [0.2, 0.25) is 0 Å². The van der Waals surface area contributed by atoms with Crippen molar-refractivity contribution in [1.29, 1.82) is 0 Å². The highest BCUT2D eigenvalue weighted by Gasteiger charge is 2.06. The third kappa shape index (κ3) is 3.28. The molecule has 0 aliphatic carbocycles. The third-order valence-corrected chi connectivity index (χ3v) is 4.26. The highest BCUT2D eigenvalue weighted by Crippen LogP contribution is 2.26.